The molecule has 0 spiro atoms. The molecule has 3 aromatic rings. The molecule has 0 bridgehead atoms. The van der Waals surface area contributed by atoms with Crippen LogP contribution < -0.4 is 20.3 Å². The molecule has 33 heavy (non-hydrogen) atoms. The molecule has 1 aliphatic rings. The maximum Gasteiger partial charge on any atom is 0.223 e. The molecule has 1 saturated heterocycles. The Hall–Kier alpha value is -3.07. The van der Waals surface area contributed by atoms with Crippen LogP contribution >= 0.6 is 11.3 Å². The van der Waals surface area contributed by atoms with E-state index in [-0.39, 0.29) is 17.9 Å². The average Bonchev–Trinajstić information content (AvgIpc) is 3.48. The lowest BCUT2D eigenvalue weighted by Crippen LogP contribution is -2.42. The van der Waals surface area contributed by atoms with Gasteiger partial charge in [-0.25, -0.2) is 0 Å². The third-order valence-corrected chi connectivity index (χ3v) is 6.63. The average molecular weight is 469 g/mol. The first kappa shape index (κ1) is 23.1. The van der Waals surface area contributed by atoms with Crippen LogP contribution in [0, 0.1) is 5.92 Å². The Labute approximate surface area is 199 Å². The zero-order valence-electron chi connectivity index (χ0n) is 19.5. The molecule has 2 N–H and O–H groups in total. The van der Waals surface area contributed by atoms with Crippen molar-refractivity contribution in [2.24, 2.45) is 5.92 Å². The molecule has 0 radical (unpaired) electrons. The molecule has 3 heterocycles. The molecule has 2 aromatic heterocycles. The fourth-order valence-electron chi connectivity index (χ4n) is 3.94. The lowest BCUT2D eigenvalue weighted by molar-refractivity contribution is -0.126. The first-order chi connectivity index (χ1) is 16.0. The lowest BCUT2D eigenvalue weighted by Gasteiger charge is -2.31. The number of ether oxygens (including phenoxy) is 1. The van der Waals surface area contributed by atoms with E-state index in [1.165, 1.54) is 0 Å². The highest BCUT2D eigenvalue weighted by molar-refractivity contribution is 7.17. The Balaban J connectivity index is 1.35. The second-order valence-electron chi connectivity index (χ2n) is 8.47. The summed E-state index contributed by atoms with van der Waals surface area (Å²) in [5.41, 5.74) is 2.14. The summed E-state index contributed by atoms with van der Waals surface area (Å²) in [6.07, 6.45) is 3.70. The van der Waals surface area contributed by atoms with Crippen molar-refractivity contribution in [3.8, 4) is 10.9 Å². The number of hydrogen-bond acceptors (Lipinski definition) is 7. The summed E-state index contributed by atoms with van der Waals surface area (Å²) in [5, 5.41) is 17.1. The quantitative estimate of drug-likeness (QED) is 0.492. The van der Waals surface area contributed by atoms with Gasteiger partial charge in [-0.15, -0.1) is 10.2 Å². The predicted molar refractivity (Wildman–Crippen MR) is 132 cm³/mol. The van der Waals surface area contributed by atoms with E-state index in [9.17, 15) is 4.79 Å². The minimum Gasteiger partial charge on any atom is -0.494 e. The van der Waals surface area contributed by atoms with E-state index in [0.717, 1.165) is 53.3 Å². The normalized spacial score (nSPS) is 14.5. The van der Waals surface area contributed by atoms with Crippen molar-refractivity contribution in [1.82, 2.24) is 20.1 Å². The van der Waals surface area contributed by atoms with Crippen LogP contribution in [-0.4, -0.2) is 46.4 Å². The van der Waals surface area contributed by atoms with E-state index in [2.05, 4.69) is 36.4 Å². The molecule has 1 amide bonds. The van der Waals surface area contributed by atoms with Gasteiger partial charge in [-0.3, -0.25) is 9.36 Å². The van der Waals surface area contributed by atoms with Gasteiger partial charge in [0.1, 0.15) is 5.75 Å². The van der Waals surface area contributed by atoms with Gasteiger partial charge in [-0.1, -0.05) is 11.3 Å². The van der Waals surface area contributed by atoms with Crippen LogP contribution in [0.3, 0.4) is 0 Å². The van der Waals surface area contributed by atoms with Gasteiger partial charge in [0.25, 0.3) is 0 Å². The number of carbonyl (C=O) groups excluding carboxylic acids is 1. The molecule has 9 heteroatoms. The zero-order chi connectivity index (χ0) is 23.2. The first-order valence-corrected chi connectivity index (χ1v) is 12.4. The summed E-state index contributed by atoms with van der Waals surface area (Å²) in [7, 11) is 0. The Kier molecular flexibility index (Phi) is 7.49. The largest absolute Gasteiger partial charge is 0.494 e. The van der Waals surface area contributed by atoms with Gasteiger partial charge >= 0.3 is 0 Å². The predicted octanol–water partition coefficient (Wildman–Crippen LogP) is 4.08. The van der Waals surface area contributed by atoms with Crippen molar-refractivity contribution < 1.29 is 9.53 Å². The summed E-state index contributed by atoms with van der Waals surface area (Å²) >= 11 is 1.58. The van der Waals surface area contributed by atoms with E-state index < -0.39 is 0 Å². The van der Waals surface area contributed by atoms with Crippen LogP contribution in [0.2, 0.25) is 0 Å². The van der Waals surface area contributed by atoms with Gasteiger partial charge in [0.2, 0.25) is 16.2 Å². The summed E-state index contributed by atoms with van der Waals surface area (Å²) in [5.74, 6) is 1.12. The molecule has 0 aliphatic carbocycles. The van der Waals surface area contributed by atoms with Crippen molar-refractivity contribution in [1.29, 1.82) is 0 Å². The second kappa shape index (κ2) is 10.7. The molecule has 0 atom stereocenters. The number of benzene rings is 1. The summed E-state index contributed by atoms with van der Waals surface area (Å²) < 4.78 is 7.58. The fraction of sp³-hybridized carbons (Fsp3) is 0.458. The summed E-state index contributed by atoms with van der Waals surface area (Å²) in [6, 6.07) is 12.3. The van der Waals surface area contributed by atoms with Gasteiger partial charge in [0.15, 0.2) is 0 Å². The molecule has 176 valence electrons. The molecule has 0 unspecified atom stereocenters. The van der Waals surface area contributed by atoms with Crippen LogP contribution in [0.1, 0.15) is 39.3 Å². The number of rotatable bonds is 9. The smallest absolute Gasteiger partial charge is 0.223 e. The number of hydrogen-bond donors (Lipinski definition) is 2. The van der Waals surface area contributed by atoms with E-state index in [1.54, 1.807) is 11.3 Å². The molecule has 1 fully saturated rings. The maximum atomic E-state index is 12.3. The number of piperidine rings is 1. The van der Waals surface area contributed by atoms with E-state index in [4.69, 9.17) is 4.74 Å². The van der Waals surface area contributed by atoms with E-state index >= 15 is 0 Å². The minimum atomic E-state index is 0.0840. The van der Waals surface area contributed by atoms with Crippen molar-refractivity contribution in [3.05, 3.63) is 48.3 Å². The highest BCUT2D eigenvalue weighted by atomic mass is 32.1. The first-order valence-electron chi connectivity index (χ1n) is 11.6. The van der Waals surface area contributed by atoms with Crippen LogP contribution in [0.5, 0.6) is 5.75 Å². The molecular formula is C24H32N6O2S. The van der Waals surface area contributed by atoms with Crippen molar-refractivity contribution >= 4 is 28.1 Å². The third kappa shape index (κ3) is 5.84. The van der Waals surface area contributed by atoms with E-state index in [0.29, 0.717) is 13.2 Å². The molecular weight excluding hydrogens is 436 g/mol. The Morgan fingerprint density at radius 1 is 1.15 bits per heavy atom. The molecule has 8 nitrogen and oxygen atoms in total. The number of anilines is 2. The van der Waals surface area contributed by atoms with Gasteiger partial charge in [0, 0.05) is 42.6 Å². The van der Waals surface area contributed by atoms with Crippen molar-refractivity contribution in [2.75, 3.05) is 29.9 Å². The second-order valence-corrected chi connectivity index (χ2v) is 9.41. The topological polar surface area (TPSA) is 84.3 Å². The van der Waals surface area contributed by atoms with E-state index in [1.807, 2.05) is 57.3 Å². The number of amides is 1. The Bertz CT molecular complexity index is 1040. The van der Waals surface area contributed by atoms with Crippen LogP contribution in [0.25, 0.3) is 5.13 Å². The SMILES string of the molecule is CCOc1ccc(NCc2cccn2-c2nnc(N3CCC(C(=O)NC(C)C)CC3)s2)cc1. The number of aromatic nitrogens is 3. The molecule has 1 aromatic carbocycles. The van der Waals surface area contributed by atoms with Crippen LogP contribution in [0.4, 0.5) is 10.8 Å². The fourth-order valence-corrected chi connectivity index (χ4v) is 4.86. The van der Waals surface area contributed by atoms with Crippen LogP contribution in [0.15, 0.2) is 42.6 Å². The highest BCUT2D eigenvalue weighted by Gasteiger charge is 2.27. The van der Waals surface area contributed by atoms with Gasteiger partial charge in [0.05, 0.1) is 13.2 Å². The summed E-state index contributed by atoms with van der Waals surface area (Å²) in [6.45, 7) is 8.96. The standard InChI is InChI=1S/C24H32N6O2S/c1-4-32-21-9-7-19(8-10-21)25-16-20-6-5-13-30(20)24-28-27-23(33-24)29-14-11-18(12-15-29)22(31)26-17(2)3/h5-10,13,17-18,25H,4,11-12,14-16H2,1-3H3,(H,26,31). The van der Waals surface area contributed by atoms with Gasteiger partial charge in [-0.05, 0) is 70.0 Å². The number of carbonyl (C=O) groups is 1. The highest BCUT2D eigenvalue weighted by Crippen LogP contribution is 2.29. The van der Waals surface area contributed by atoms with Gasteiger partial charge < -0.3 is 20.3 Å². The number of nitrogens with one attached hydrogen (secondary N) is 2. The summed E-state index contributed by atoms with van der Waals surface area (Å²) in [4.78, 5) is 14.5. The number of nitrogens with zero attached hydrogens (tertiary/aromatic N) is 4. The Morgan fingerprint density at radius 2 is 1.88 bits per heavy atom. The van der Waals surface area contributed by atoms with Crippen LogP contribution in [-0.2, 0) is 11.3 Å². The third-order valence-electron chi connectivity index (χ3n) is 5.65. The monoisotopic (exact) mass is 468 g/mol. The zero-order valence-corrected chi connectivity index (χ0v) is 20.3. The van der Waals surface area contributed by atoms with Gasteiger partial charge in [-0.2, -0.15) is 0 Å². The lowest BCUT2D eigenvalue weighted by atomic mass is 9.96. The minimum absolute atomic E-state index is 0.0840. The van der Waals surface area contributed by atoms with Crippen molar-refractivity contribution in [3.63, 3.8) is 0 Å². The van der Waals surface area contributed by atoms with Crippen molar-refractivity contribution in [2.45, 2.75) is 46.2 Å². The Morgan fingerprint density at radius 3 is 2.58 bits per heavy atom. The molecule has 4 rings (SSSR count). The molecule has 0 saturated carbocycles. The maximum absolute atomic E-state index is 12.3. The molecule has 1 aliphatic heterocycles.